The van der Waals surface area contributed by atoms with Gasteiger partial charge >= 0.3 is 5.97 Å². The van der Waals surface area contributed by atoms with Crippen LogP contribution in [0.2, 0.25) is 0 Å². The third kappa shape index (κ3) is 4.22. The largest absolute Gasteiger partial charge is 0.493 e. The molecule has 1 N–H and O–H groups in total. The van der Waals surface area contributed by atoms with Crippen molar-refractivity contribution in [2.45, 2.75) is 26.0 Å². The molecule has 0 saturated carbocycles. The average Bonchev–Trinajstić information content (AvgIpc) is 3.08. The molecular formula is C21H23NO5. The fourth-order valence-corrected chi connectivity index (χ4v) is 3.14. The molecule has 0 radical (unpaired) electrons. The van der Waals surface area contributed by atoms with Crippen molar-refractivity contribution in [2.24, 2.45) is 5.92 Å². The van der Waals surface area contributed by atoms with Gasteiger partial charge in [0.05, 0.1) is 26.6 Å². The lowest BCUT2D eigenvalue weighted by Gasteiger charge is -2.19. The summed E-state index contributed by atoms with van der Waals surface area (Å²) in [4.78, 5) is 24.6. The van der Waals surface area contributed by atoms with Gasteiger partial charge in [0.25, 0.3) is 0 Å². The van der Waals surface area contributed by atoms with Crippen LogP contribution in [0, 0.1) is 12.8 Å². The summed E-state index contributed by atoms with van der Waals surface area (Å²) in [5, 5.41) is 2.90. The predicted octanol–water partition coefficient (Wildman–Crippen LogP) is 2.93. The second kappa shape index (κ2) is 8.12. The number of amides is 1. The Labute approximate surface area is 158 Å². The highest BCUT2D eigenvalue weighted by atomic mass is 16.6. The lowest BCUT2D eigenvalue weighted by molar-refractivity contribution is -0.141. The van der Waals surface area contributed by atoms with Gasteiger partial charge in [-0.05, 0) is 30.2 Å². The summed E-state index contributed by atoms with van der Waals surface area (Å²) in [7, 11) is 3.09. The Kier molecular flexibility index (Phi) is 5.64. The molecule has 6 nitrogen and oxygen atoms in total. The Bertz CT molecular complexity index is 831. The van der Waals surface area contributed by atoms with Crippen LogP contribution >= 0.6 is 0 Å². The number of esters is 1. The number of hydrogen-bond donors (Lipinski definition) is 1. The highest BCUT2D eigenvalue weighted by molar-refractivity contribution is 5.87. The summed E-state index contributed by atoms with van der Waals surface area (Å²) in [6.07, 6.45) is -0.589. The first-order chi connectivity index (χ1) is 13.0. The van der Waals surface area contributed by atoms with E-state index in [0.717, 1.165) is 11.1 Å². The molecule has 2 atom stereocenters. The molecule has 1 aliphatic heterocycles. The topological polar surface area (TPSA) is 73.9 Å². The van der Waals surface area contributed by atoms with E-state index in [1.165, 1.54) is 7.11 Å². The zero-order valence-electron chi connectivity index (χ0n) is 15.7. The quantitative estimate of drug-likeness (QED) is 0.793. The second-order valence-electron chi connectivity index (χ2n) is 6.54. The first-order valence-corrected chi connectivity index (χ1v) is 8.76. The first-order valence-electron chi connectivity index (χ1n) is 8.76. The highest BCUT2D eigenvalue weighted by Gasteiger charge is 2.41. The van der Waals surface area contributed by atoms with Crippen molar-refractivity contribution < 1.29 is 23.8 Å². The van der Waals surface area contributed by atoms with E-state index in [9.17, 15) is 9.59 Å². The fourth-order valence-electron chi connectivity index (χ4n) is 3.14. The normalized spacial score (nSPS) is 18.7. The van der Waals surface area contributed by atoms with E-state index in [1.807, 2.05) is 31.2 Å². The zero-order chi connectivity index (χ0) is 19.4. The molecule has 1 fully saturated rings. The summed E-state index contributed by atoms with van der Waals surface area (Å²) in [6, 6.07) is 13.2. The van der Waals surface area contributed by atoms with Gasteiger partial charge in [-0.1, -0.05) is 35.9 Å². The minimum absolute atomic E-state index is 0.0543. The van der Waals surface area contributed by atoms with E-state index in [1.54, 1.807) is 25.3 Å². The Morgan fingerprint density at radius 1 is 1.11 bits per heavy atom. The number of benzene rings is 2. The molecule has 2 aromatic rings. The van der Waals surface area contributed by atoms with E-state index in [2.05, 4.69) is 5.32 Å². The molecule has 0 aromatic heterocycles. The van der Waals surface area contributed by atoms with Crippen LogP contribution in [0.15, 0.2) is 42.5 Å². The molecule has 0 bridgehead atoms. The molecule has 2 aromatic carbocycles. The molecule has 142 valence electrons. The number of nitrogens with one attached hydrogen (secondary N) is 1. The molecule has 0 unspecified atom stereocenters. The molecule has 1 heterocycles. The maximum absolute atomic E-state index is 12.7. The van der Waals surface area contributed by atoms with Gasteiger partial charge in [0, 0.05) is 6.54 Å². The zero-order valence-corrected chi connectivity index (χ0v) is 15.7. The van der Waals surface area contributed by atoms with Crippen LogP contribution in [-0.4, -0.2) is 26.1 Å². The standard InChI is InChI=1S/C21H23NO5/c1-13-4-6-14(7-5-13)12-22-21(24)16-11-19(23)27-20(16)15-8-9-17(25-2)18(10-15)26-3/h4-10,16,20H,11-12H2,1-3H3,(H,22,24)/t16-,20-/m0/s1. The van der Waals surface area contributed by atoms with Crippen molar-refractivity contribution in [2.75, 3.05) is 14.2 Å². The van der Waals surface area contributed by atoms with Crippen molar-refractivity contribution in [3.63, 3.8) is 0 Å². The van der Waals surface area contributed by atoms with Crippen LogP contribution in [0.3, 0.4) is 0 Å². The van der Waals surface area contributed by atoms with Gasteiger partial charge in [0.15, 0.2) is 11.5 Å². The van der Waals surface area contributed by atoms with Crippen molar-refractivity contribution in [3.8, 4) is 11.5 Å². The van der Waals surface area contributed by atoms with Crippen LogP contribution in [0.1, 0.15) is 29.2 Å². The van der Waals surface area contributed by atoms with E-state index in [4.69, 9.17) is 14.2 Å². The van der Waals surface area contributed by atoms with Crippen molar-refractivity contribution >= 4 is 11.9 Å². The number of aryl methyl sites for hydroxylation is 1. The van der Waals surface area contributed by atoms with E-state index in [-0.39, 0.29) is 18.3 Å². The third-order valence-electron chi connectivity index (χ3n) is 4.67. The number of cyclic esters (lactones) is 1. The van der Waals surface area contributed by atoms with E-state index >= 15 is 0 Å². The minimum atomic E-state index is -0.643. The predicted molar refractivity (Wildman–Crippen MR) is 99.5 cm³/mol. The first kappa shape index (κ1) is 18.8. The summed E-state index contributed by atoms with van der Waals surface area (Å²) in [5.41, 5.74) is 2.87. The number of carbonyl (C=O) groups is 2. The molecule has 1 saturated heterocycles. The van der Waals surface area contributed by atoms with Gasteiger partial charge < -0.3 is 19.5 Å². The van der Waals surface area contributed by atoms with Gasteiger partial charge in [-0.2, -0.15) is 0 Å². The van der Waals surface area contributed by atoms with Crippen LogP contribution < -0.4 is 14.8 Å². The SMILES string of the molecule is COc1ccc([C@@H]2OC(=O)C[C@@H]2C(=O)NCc2ccc(C)cc2)cc1OC. The Balaban J connectivity index is 1.74. The second-order valence-corrected chi connectivity index (χ2v) is 6.54. The third-order valence-corrected chi connectivity index (χ3v) is 4.67. The van der Waals surface area contributed by atoms with Crippen LogP contribution in [0.25, 0.3) is 0 Å². The fraction of sp³-hybridized carbons (Fsp3) is 0.333. The number of methoxy groups -OCH3 is 2. The van der Waals surface area contributed by atoms with Crippen LogP contribution in [0.5, 0.6) is 11.5 Å². The molecule has 0 aliphatic carbocycles. The molecule has 3 rings (SSSR count). The van der Waals surface area contributed by atoms with Gasteiger partial charge in [0.2, 0.25) is 5.91 Å². The average molecular weight is 369 g/mol. The molecule has 27 heavy (non-hydrogen) atoms. The number of carbonyl (C=O) groups excluding carboxylic acids is 2. The lowest BCUT2D eigenvalue weighted by atomic mass is 9.94. The van der Waals surface area contributed by atoms with Gasteiger partial charge in [-0.3, -0.25) is 9.59 Å². The smallest absolute Gasteiger partial charge is 0.307 e. The van der Waals surface area contributed by atoms with Crippen molar-refractivity contribution in [1.29, 1.82) is 0 Å². The number of ether oxygens (including phenoxy) is 3. The number of rotatable bonds is 6. The molecule has 1 amide bonds. The van der Waals surface area contributed by atoms with Crippen molar-refractivity contribution in [3.05, 3.63) is 59.2 Å². The molecule has 1 aliphatic rings. The maximum Gasteiger partial charge on any atom is 0.307 e. The maximum atomic E-state index is 12.7. The van der Waals surface area contributed by atoms with E-state index in [0.29, 0.717) is 23.6 Å². The van der Waals surface area contributed by atoms with Gasteiger partial charge in [-0.25, -0.2) is 0 Å². The number of hydrogen-bond acceptors (Lipinski definition) is 5. The highest BCUT2D eigenvalue weighted by Crippen LogP contribution is 2.39. The van der Waals surface area contributed by atoms with Crippen molar-refractivity contribution in [1.82, 2.24) is 5.32 Å². The van der Waals surface area contributed by atoms with Crippen LogP contribution in [0.4, 0.5) is 0 Å². The van der Waals surface area contributed by atoms with E-state index < -0.39 is 12.0 Å². The Morgan fingerprint density at radius 3 is 2.48 bits per heavy atom. The lowest BCUT2D eigenvalue weighted by Crippen LogP contribution is -2.32. The summed E-state index contributed by atoms with van der Waals surface area (Å²) >= 11 is 0. The summed E-state index contributed by atoms with van der Waals surface area (Å²) in [6.45, 7) is 2.42. The van der Waals surface area contributed by atoms with Gasteiger partial charge in [-0.15, -0.1) is 0 Å². The molecule has 0 spiro atoms. The summed E-state index contributed by atoms with van der Waals surface area (Å²) in [5.74, 6) is -0.0739. The van der Waals surface area contributed by atoms with Crippen LogP contribution in [-0.2, 0) is 20.9 Å². The summed E-state index contributed by atoms with van der Waals surface area (Å²) < 4.78 is 16.0. The Hall–Kier alpha value is -3.02. The monoisotopic (exact) mass is 369 g/mol. The van der Waals surface area contributed by atoms with Gasteiger partial charge in [0.1, 0.15) is 6.10 Å². The Morgan fingerprint density at radius 2 is 1.81 bits per heavy atom. The molecular weight excluding hydrogens is 346 g/mol. The molecule has 6 heteroatoms. The minimum Gasteiger partial charge on any atom is -0.493 e.